The van der Waals surface area contributed by atoms with Gasteiger partial charge in [-0.15, -0.1) is 13.2 Å². The normalized spacial score (nSPS) is 15.6. The van der Waals surface area contributed by atoms with Gasteiger partial charge in [-0.25, -0.2) is 9.69 Å². The number of nitrogens with zero attached hydrogens (tertiary/aromatic N) is 2. The van der Waals surface area contributed by atoms with Crippen molar-refractivity contribution < 1.29 is 37.0 Å². The van der Waals surface area contributed by atoms with Crippen LogP contribution in [0.3, 0.4) is 0 Å². The SMILES string of the molecule is CC(C)(C)OC(=O)Cc1ccc(N(C(=O)OC(C)(C)C)C2=CC3=C(CCC3)CN2c2ccc(OC(F)(F)F)cc2)cc1. The van der Waals surface area contributed by atoms with Crippen LogP contribution in [0.5, 0.6) is 5.75 Å². The summed E-state index contributed by atoms with van der Waals surface area (Å²) in [5.41, 5.74) is 2.76. The highest BCUT2D eigenvalue weighted by Gasteiger charge is 2.35. The summed E-state index contributed by atoms with van der Waals surface area (Å²) in [7, 11) is 0. The van der Waals surface area contributed by atoms with Gasteiger partial charge in [-0.3, -0.25) is 4.79 Å². The molecule has 0 atom stereocenters. The molecule has 1 aliphatic heterocycles. The average Bonchev–Trinajstić information content (AvgIpc) is 3.29. The van der Waals surface area contributed by atoms with Crippen LogP contribution in [0.25, 0.3) is 0 Å². The van der Waals surface area contributed by atoms with Crippen molar-refractivity contribution in [2.24, 2.45) is 0 Å². The van der Waals surface area contributed by atoms with Crippen LogP contribution in [-0.2, 0) is 20.7 Å². The largest absolute Gasteiger partial charge is 0.573 e. The van der Waals surface area contributed by atoms with Crippen LogP contribution in [-0.4, -0.2) is 36.2 Å². The lowest BCUT2D eigenvalue weighted by atomic mass is 10.0. The molecule has 1 aliphatic carbocycles. The van der Waals surface area contributed by atoms with Crippen LogP contribution in [0.15, 0.2) is 71.6 Å². The molecule has 0 fully saturated rings. The van der Waals surface area contributed by atoms with Gasteiger partial charge in [0.05, 0.1) is 12.1 Å². The molecule has 0 spiro atoms. The lowest BCUT2D eigenvalue weighted by molar-refractivity contribution is -0.274. The smallest absolute Gasteiger partial charge is 0.460 e. The Hall–Kier alpha value is -3.95. The van der Waals surface area contributed by atoms with Gasteiger partial charge >= 0.3 is 18.4 Å². The Morgan fingerprint density at radius 3 is 2.05 bits per heavy atom. The second-order valence-electron chi connectivity index (χ2n) is 12.4. The number of alkyl halides is 3. The summed E-state index contributed by atoms with van der Waals surface area (Å²) in [5.74, 6) is -0.188. The minimum Gasteiger partial charge on any atom is -0.460 e. The van der Waals surface area contributed by atoms with Gasteiger partial charge in [0.15, 0.2) is 0 Å². The van der Waals surface area contributed by atoms with Crippen LogP contribution in [0.1, 0.15) is 66.4 Å². The minimum absolute atomic E-state index is 0.0708. The predicted octanol–water partition coefficient (Wildman–Crippen LogP) is 8.05. The number of allylic oxidation sites excluding steroid dienone is 2. The molecule has 2 aromatic rings. The Kier molecular flexibility index (Phi) is 8.66. The summed E-state index contributed by atoms with van der Waals surface area (Å²) in [5, 5.41) is 0. The molecule has 0 radical (unpaired) electrons. The van der Waals surface area contributed by atoms with Crippen molar-refractivity contribution in [2.45, 2.75) is 84.8 Å². The van der Waals surface area contributed by atoms with E-state index in [1.807, 2.05) is 11.0 Å². The summed E-state index contributed by atoms with van der Waals surface area (Å²) in [6.07, 6.45) is -0.653. The maximum Gasteiger partial charge on any atom is 0.573 e. The zero-order valence-corrected chi connectivity index (χ0v) is 24.8. The quantitative estimate of drug-likeness (QED) is 0.319. The molecule has 2 aromatic carbocycles. The van der Waals surface area contributed by atoms with E-state index in [9.17, 15) is 22.8 Å². The number of amides is 1. The number of hydrogen-bond donors (Lipinski definition) is 0. The summed E-state index contributed by atoms with van der Waals surface area (Å²) in [4.78, 5) is 29.5. The first-order chi connectivity index (χ1) is 19.5. The molecule has 0 unspecified atom stereocenters. The molecule has 10 heteroatoms. The number of carbonyl (C=O) groups excluding carboxylic acids is 2. The van der Waals surface area contributed by atoms with E-state index >= 15 is 0 Å². The van der Waals surface area contributed by atoms with Gasteiger partial charge in [0.25, 0.3) is 0 Å². The Balaban J connectivity index is 1.71. The Morgan fingerprint density at radius 1 is 0.857 bits per heavy atom. The van der Waals surface area contributed by atoms with Crippen molar-refractivity contribution >= 4 is 23.4 Å². The summed E-state index contributed by atoms with van der Waals surface area (Å²) < 4.78 is 53.6. The zero-order chi connectivity index (χ0) is 30.9. The molecular weight excluding hydrogens is 549 g/mol. The van der Waals surface area contributed by atoms with Crippen molar-refractivity contribution in [1.82, 2.24) is 0 Å². The van der Waals surface area contributed by atoms with Gasteiger partial charge in [0.1, 0.15) is 22.8 Å². The lowest BCUT2D eigenvalue weighted by Gasteiger charge is -2.38. The van der Waals surface area contributed by atoms with E-state index < -0.39 is 23.7 Å². The molecule has 7 nitrogen and oxygen atoms in total. The third-order valence-corrected chi connectivity index (χ3v) is 6.46. The molecule has 1 heterocycles. The first-order valence-corrected chi connectivity index (χ1v) is 13.9. The van der Waals surface area contributed by atoms with E-state index in [1.165, 1.54) is 34.7 Å². The number of ether oxygens (including phenoxy) is 3. The number of anilines is 2. The van der Waals surface area contributed by atoms with Crippen molar-refractivity contribution in [3.05, 3.63) is 77.1 Å². The number of halogens is 3. The summed E-state index contributed by atoms with van der Waals surface area (Å²) >= 11 is 0. The molecule has 0 aromatic heterocycles. The highest BCUT2D eigenvalue weighted by molar-refractivity contribution is 5.93. The second kappa shape index (κ2) is 11.7. The maximum absolute atomic E-state index is 13.8. The van der Waals surface area contributed by atoms with Gasteiger partial charge in [-0.05, 0) is 120 Å². The third kappa shape index (κ3) is 8.30. The number of rotatable bonds is 6. The predicted molar refractivity (Wildman–Crippen MR) is 154 cm³/mol. The average molecular weight is 587 g/mol. The standard InChI is InChI=1S/C32H37F3N2O5/c1-30(2,3)41-28(38)18-21-10-12-25(13-11-21)37(29(39)42-31(4,5)6)27-19-22-8-7-9-23(22)20-36(27)24-14-16-26(17-15-24)40-32(33,34)35/h10-17,19H,7-9,18,20H2,1-6H3. The molecule has 226 valence electrons. The van der Waals surface area contributed by atoms with Crippen molar-refractivity contribution in [1.29, 1.82) is 0 Å². The summed E-state index contributed by atoms with van der Waals surface area (Å²) in [6, 6.07) is 12.6. The Morgan fingerprint density at radius 2 is 1.48 bits per heavy atom. The van der Waals surface area contributed by atoms with E-state index in [1.54, 1.807) is 65.8 Å². The van der Waals surface area contributed by atoms with Gasteiger partial charge in [-0.2, -0.15) is 0 Å². The van der Waals surface area contributed by atoms with Gasteiger partial charge in [-0.1, -0.05) is 12.1 Å². The molecule has 0 saturated carbocycles. The topological polar surface area (TPSA) is 68.3 Å². The fraction of sp³-hybridized carbons (Fsp3) is 0.438. The monoisotopic (exact) mass is 586 g/mol. The third-order valence-electron chi connectivity index (χ3n) is 6.46. The van der Waals surface area contributed by atoms with Crippen LogP contribution >= 0.6 is 0 Å². The maximum atomic E-state index is 13.8. The van der Waals surface area contributed by atoms with Crippen LogP contribution < -0.4 is 14.5 Å². The van der Waals surface area contributed by atoms with E-state index in [0.717, 1.165) is 24.8 Å². The molecule has 0 N–H and O–H groups in total. The zero-order valence-electron chi connectivity index (χ0n) is 24.8. The number of benzene rings is 2. The van der Waals surface area contributed by atoms with E-state index in [0.29, 0.717) is 29.3 Å². The number of carbonyl (C=O) groups is 2. The first kappa shape index (κ1) is 31.0. The van der Waals surface area contributed by atoms with Crippen molar-refractivity contribution in [2.75, 3.05) is 16.3 Å². The molecule has 4 rings (SSSR count). The fourth-order valence-electron chi connectivity index (χ4n) is 4.87. The van der Waals surface area contributed by atoms with Crippen LogP contribution in [0, 0.1) is 0 Å². The molecule has 42 heavy (non-hydrogen) atoms. The molecule has 1 amide bonds. The van der Waals surface area contributed by atoms with Crippen molar-refractivity contribution in [3.63, 3.8) is 0 Å². The summed E-state index contributed by atoms with van der Waals surface area (Å²) in [6.45, 7) is 11.2. The fourth-order valence-corrected chi connectivity index (χ4v) is 4.87. The molecule has 0 saturated heterocycles. The lowest BCUT2D eigenvalue weighted by Crippen LogP contribution is -2.44. The number of esters is 1. The highest BCUT2D eigenvalue weighted by atomic mass is 19.4. The second-order valence-corrected chi connectivity index (χ2v) is 12.4. The van der Waals surface area contributed by atoms with Gasteiger partial charge < -0.3 is 19.1 Å². The van der Waals surface area contributed by atoms with Gasteiger partial charge in [0, 0.05) is 12.2 Å². The van der Waals surface area contributed by atoms with Crippen LogP contribution in [0.2, 0.25) is 0 Å². The van der Waals surface area contributed by atoms with E-state index in [-0.39, 0.29) is 18.1 Å². The molecule has 0 bridgehead atoms. The van der Waals surface area contributed by atoms with Gasteiger partial charge in [0.2, 0.25) is 0 Å². The Bertz CT molecular complexity index is 1370. The minimum atomic E-state index is -4.80. The van der Waals surface area contributed by atoms with E-state index in [4.69, 9.17) is 9.47 Å². The molecule has 2 aliphatic rings. The van der Waals surface area contributed by atoms with Crippen LogP contribution in [0.4, 0.5) is 29.3 Å². The van der Waals surface area contributed by atoms with E-state index in [2.05, 4.69) is 4.74 Å². The number of hydrogen-bond acceptors (Lipinski definition) is 6. The van der Waals surface area contributed by atoms with Crippen molar-refractivity contribution in [3.8, 4) is 5.75 Å². The first-order valence-electron chi connectivity index (χ1n) is 13.9. The Labute approximate surface area is 244 Å². The highest BCUT2D eigenvalue weighted by Crippen LogP contribution is 2.39. The molecular formula is C32H37F3N2O5.